The Kier molecular flexibility index (Phi) is 12.0. The van der Waals surface area contributed by atoms with E-state index in [-0.39, 0.29) is 23.0 Å². The fourth-order valence-corrected chi connectivity index (χ4v) is 4.26. The molecule has 0 aliphatic rings. The van der Waals surface area contributed by atoms with Crippen molar-refractivity contribution in [3.05, 3.63) is 47.5 Å². The Bertz CT molecular complexity index is 762. The zero-order valence-electron chi connectivity index (χ0n) is 20.8. The molecule has 4 unspecified atom stereocenters. The maximum absolute atomic E-state index is 9.48. The lowest BCUT2D eigenvalue weighted by Crippen LogP contribution is -2.07. The number of hydrogen-bond donors (Lipinski definition) is 4. The average Bonchev–Trinajstić information content (AvgIpc) is 2.72. The van der Waals surface area contributed by atoms with Crippen molar-refractivity contribution in [1.29, 1.82) is 0 Å². The normalized spacial score (nSPS) is 14.7. The predicted molar refractivity (Wildman–Crippen MR) is 134 cm³/mol. The van der Waals surface area contributed by atoms with Crippen LogP contribution in [0.3, 0.4) is 0 Å². The summed E-state index contributed by atoms with van der Waals surface area (Å²) in [6.45, 7) is 13.1. The number of phenolic OH excluding ortho intramolecular Hbond substituents is 4. The molecule has 0 amide bonds. The van der Waals surface area contributed by atoms with E-state index in [1.807, 2.05) is 0 Å². The second kappa shape index (κ2) is 13.9. The van der Waals surface area contributed by atoms with Crippen molar-refractivity contribution >= 4 is 0 Å². The Labute approximate surface area is 195 Å². The minimum atomic E-state index is 0.145. The van der Waals surface area contributed by atoms with E-state index < -0.39 is 0 Å². The van der Waals surface area contributed by atoms with Gasteiger partial charge < -0.3 is 20.4 Å². The van der Waals surface area contributed by atoms with Crippen molar-refractivity contribution < 1.29 is 20.4 Å². The van der Waals surface area contributed by atoms with Gasteiger partial charge in [0.15, 0.2) is 0 Å². The van der Waals surface area contributed by atoms with Crippen molar-refractivity contribution in [1.82, 2.24) is 0 Å². The Balaban J connectivity index is 0.000000323. The standard InChI is InChI=1S/C15H24O2.C13H20O2/c1-4-5-6-7-11(2)12(3)13-8-14(16)10-15(17)9-13;1-4-9(3)13(5-2)10-6-11(14)8-12(15)7-10/h8-12,16-17H,4-7H2,1-3H3;6-9,13-15H,4-5H2,1-3H3. The number of benzene rings is 2. The summed E-state index contributed by atoms with van der Waals surface area (Å²) in [5.74, 6) is 2.50. The van der Waals surface area contributed by atoms with Gasteiger partial charge in [0.1, 0.15) is 23.0 Å². The largest absolute Gasteiger partial charge is 0.508 e. The molecule has 4 nitrogen and oxygen atoms in total. The molecule has 0 bridgehead atoms. The summed E-state index contributed by atoms with van der Waals surface area (Å²) in [5, 5.41) is 37.8. The topological polar surface area (TPSA) is 80.9 Å². The minimum Gasteiger partial charge on any atom is -0.508 e. The van der Waals surface area contributed by atoms with E-state index in [0.717, 1.165) is 24.0 Å². The second-order valence-electron chi connectivity index (χ2n) is 9.23. The molecule has 180 valence electrons. The highest BCUT2D eigenvalue weighted by Crippen LogP contribution is 2.34. The summed E-state index contributed by atoms with van der Waals surface area (Å²) in [7, 11) is 0. The first-order valence-corrected chi connectivity index (χ1v) is 12.2. The van der Waals surface area contributed by atoms with Gasteiger partial charge in [-0.1, -0.05) is 73.6 Å². The van der Waals surface area contributed by atoms with Gasteiger partial charge in [-0.05, 0) is 65.5 Å². The van der Waals surface area contributed by atoms with E-state index in [9.17, 15) is 20.4 Å². The van der Waals surface area contributed by atoms with Crippen molar-refractivity contribution in [2.75, 3.05) is 0 Å². The van der Waals surface area contributed by atoms with Crippen LogP contribution in [0, 0.1) is 11.8 Å². The van der Waals surface area contributed by atoms with Crippen LogP contribution in [0.2, 0.25) is 0 Å². The van der Waals surface area contributed by atoms with Gasteiger partial charge in [0.2, 0.25) is 0 Å². The smallest absolute Gasteiger partial charge is 0.119 e. The van der Waals surface area contributed by atoms with E-state index in [1.165, 1.54) is 37.8 Å². The van der Waals surface area contributed by atoms with E-state index in [1.54, 1.807) is 24.3 Å². The lowest BCUT2D eigenvalue weighted by Gasteiger charge is -2.22. The SMILES string of the molecule is CCC(C)C(CC)c1cc(O)cc(O)c1.CCCCCC(C)C(C)c1cc(O)cc(O)c1. The van der Waals surface area contributed by atoms with Crippen LogP contribution in [-0.2, 0) is 0 Å². The molecule has 0 saturated heterocycles. The molecule has 0 radical (unpaired) electrons. The monoisotopic (exact) mass is 444 g/mol. The number of rotatable bonds is 10. The summed E-state index contributed by atoms with van der Waals surface area (Å²) in [4.78, 5) is 0. The third kappa shape index (κ3) is 9.02. The van der Waals surface area contributed by atoms with Gasteiger partial charge in [0.05, 0.1) is 0 Å². The molecule has 0 aromatic heterocycles. The minimum absolute atomic E-state index is 0.145. The van der Waals surface area contributed by atoms with Crippen LogP contribution in [0.5, 0.6) is 23.0 Å². The summed E-state index contributed by atoms with van der Waals surface area (Å²) >= 11 is 0. The lowest BCUT2D eigenvalue weighted by molar-refractivity contribution is 0.420. The highest BCUT2D eigenvalue weighted by atomic mass is 16.3. The maximum Gasteiger partial charge on any atom is 0.119 e. The molecule has 32 heavy (non-hydrogen) atoms. The Morgan fingerprint density at radius 3 is 1.47 bits per heavy atom. The third-order valence-corrected chi connectivity index (χ3v) is 6.69. The van der Waals surface area contributed by atoms with Crippen molar-refractivity contribution in [3.63, 3.8) is 0 Å². The molecule has 0 aliphatic carbocycles. The molecular weight excluding hydrogens is 400 g/mol. The molecule has 4 heteroatoms. The van der Waals surface area contributed by atoms with Gasteiger partial charge in [-0.2, -0.15) is 0 Å². The summed E-state index contributed by atoms with van der Waals surface area (Å²) in [6, 6.07) is 9.74. The summed E-state index contributed by atoms with van der Waals surface area (Å²) in [5.41, 5.74) is 2.05. The summed E-state index contributed by atoms with van der Waals surface area (Å²) in [6.07, 6.45) is 7.11. The zero-order valence-corrected chi connectivity index (χ0v) is 20.8. The number of hydrogen-bond acceptors (Lipinski definition) is 4. The molecule has 2 aromatic rings. The van der Waals surface area contributed by atoms with Crippen molar-refractivity contribution in [2.45, 2.75) is 91.9 Å². The van der Waals surface area contributed by atoms with Crippen molar-refractivity contribution in [3.8, 4) is 23.0 Å². The molecular formula is C28H44O4. The van der Waals surface area contributed by atoms with Crippen LogP contribution < -0.4 is 0 Å². The van der Waals surface area contributed by atoms with Gasteiger partial charge in [0, 0.05) is 12.1 Å². The average molecular weight is 445 g/mol. The second-order valence-corrected chi connectivity index (χ2v) is 9.23. The van der Waals surface area contributed by atoms with Gasteiger partial charge in [0.25, 0.3) is 0 Å². The van der Waals surface area contributed by atoms with Crippen LogP contribution in [0.15, 0.2) is 36.4 Å². The molecule has 4 N–H and O–H groups in total. The Hall–Kier alpha value is -2.36. The maximum atomic E-state index is 9.48. The molecule has 0 fully saturated rings. The highest BCUT2D eigenvalue weighted by Gasteiger charge is 2.17. The van der Waals surface area contributed by atoms with Gasteiger partial charge in [-0.3, -0.25) is 0 Å². The first kappa shape index (κ1) is 27.7. The Morgan fingerprint density at radius 2 is 1.06 bits per heavy atom. The third-order valence-electron chi connectivity index (χ3n) is 6.69. The van der Waals surface area contributed by atoms with Crippen LogP contribution in [0.4, 0.5) is 0 Å². The number of aromatic hydroxyl groups is 4. The molecule has 0 aliphatic heterocycles. The fourth-order valence-electron chi connectivity index (χ4n) is 4.26. The molecule has 0 heterocycles. The van der Waals surface area contributed by atoms with Crippen LogP contribution in [0.1, 0.15) is 103 Å². The van der Waals surface area contributed by atoms with Crippen molar-refractivity contribution in [2.24, 2.45) is 11.8 Å². The first-order valence-electron chi connectivity index (χ1n) is 12.2. The fraction of sp³-hybridized carbons (Fsp3) is 0.571. The van der Waals surface area contributed by atoms with E-state index in [2.05, 4.69) is 41.5 Å². The lowest BCUT2D eigenvalue weighted by atomic mass is 9.83. The van der Waals surface area contributed by atoms with Gasteiger partial charge in [-0.25, -0.2) is 0 Å². The molecule has 0 saturated carbocycles. The quantitative estimate of drug-likeness (QED) is 0.279. The predicted octanol–water partition coefficient (Wildman–Crippen LogP) is 8.06. The zero-order chi connectivity index (χ0) is 24.3. The van der Waals surface area contributed by atoms with Crippen LogP contribution >= 0.6 is 0 Å². The van der Waals surface area contributed by atoms with E-state index >= 15 is 0 Å². The molecule has 4 atom stereocenters. The first-order chi connectivity index (χ1) is 15.1. The number of phenols is 4. The van der Waals surface area contributed by atoms with Crippen LogP contribution in [-0.4, -0.2) is 20.4 Å². The van der Waals surface area contributed by atoms with E-state index in [0.29, 0.717) is 23.7 Å². The molecule has 2 aromatic carbocycles. The Morgan fingerprint density at radius 1 is 0.594 bits per heavy atom. The summed E-state index contributed by atoms with van der Waals surface area (Å²) < 4.78 is 0. The van der Waals surface area contributed by atoms with Gasteiger partial charge in [-0.15, -0.1) is 0 Å². The molecule has 0 spiro atoms. The van der Waals surface area contributed by atoms with Gasteiger partial charge >= 0.3 is 0 Å². The number of unbranched alkanes of at least 4 members (excludes halogenated alkanes) is 2. The van der Waals surface area contributed by atoms with E-state index in [4.69, 9.17) is 0 Å². The molecule has 2 rings (SSSR count). The highest BCUT2D eigenvalue weighted by molar-refractivity contribution is 5.39. The van der Waals surface area contributed by atoms with Crippen LogP contribution in [0.25, 0.3) is 0 Å².